The van der Waals surface area contributed by atoms with Gasteiger partial charge in [0.1, 0.15) is 0 Å². The molecule has 2 rings (SSSR count). The van der Waals surface area contributed by atoms with Gasteiger partial charge in [0, 0.05) is 22.1 Å². The van der Waals surface area contributed by atoms with Gasteiger partial charge in [-0.25, -0.2) is 4.79 Å². The molecular weight excluding hydrogens is 264 g/mol. The van der Waals surface area contributed by atoms with Crippen LogP contribution in [0.4, 0.5) is 21.9 Å². The Morgan fingerprint density at radius 2 is 1.42 bits per heavy atom. The van der Waals surface area contributed by atoms with E-state index in [1.54, 1.807) is 12.1 Å². The number of ether oxygens (including phenoxy) is 1. The molecule has 0 fully saturated rings. The van der Waals surface area contributed by atoms with Gasteiger partial charge in [0.15, 0.2) is 0 Å². The van der Waals surface area contributed by atoms with Gasteiger partial charge in [0.25, 0.3) is 0 Å². The number of rotatable bonds is 3. The van der Waals surface area contributed by atoms with Gasteiger partial charge in [-0.05, 0) is 48.5 Å². The zero-order valence-electron chi connectivity index (χ0n) is 10.3. The quantitative estimate of drug-likeness (QED) is 0.880. The van der Waals surface area contributed by atoms with Gasteiger partial charge in [0.2, 0.25) is 0 Å². The van der Waals surface area contributed by atoms with Crippen molar-refractivity contribution in [1.82, 2.24) is 0 Å². The van der Waals surface area contributed by atoms with E-state index in [-0.39, 0.29) is 0 Å². The van der Waals surface area contributed by atoms with Crippen LogP contribution in [0.3, 0.4) is 0 Å². The lowest BCUT2D eigenvalue weighted by molar-refractivity contribution is 0.187. The SMILES string of the molecule is COC(=O)Nc1ccc(Nc2ccc(Cl)cc2)cc1. The first-order valence-electron chi connectivity index (χ1n) is 5.65. The second-order valence-electron chi connectivity index (χ2n) is 3.83. The minimum absolute atomic E-state index is 0.488. The first kappa shape index (κ1) is 13.2. The Bertz CT molecular complexity index is 553. The Balaban J connectivity index is 2.02. The van der Waals surface area contributed by atoms with E-state index < -0.39 is 6.09 Å². The molecule has 0 heterocycles. The molecule has 0 bridgehead atoms. The second-order valence-corrected chi connectivity index (χ2v) is 4.26. The number of benzene rings is 2. The average Bonchev–Trinajstić information content (AvgIpc) is 2.43. The summed E-state index contributed by atoms with van der Waals surface area (Å²) in [6, 6.07) is 14.7. The fourth-order valence-corrected chi connectivity index (χ4v) is 1.63. The Kier molecular flexibility index (Phi) is 4.26. The molecule has 0 saturated carbocycles. The highest BCUT2D eigenvalue weighted by Gasteiger charge is 2.00. The minimum atomic E-state index is -0.488. The minimum Gasteiger partial charge on any atom is -0.453 e. The first-order chi connectivity index (χ1) is 9.17. The van der Waals surface area contributed by atoms with Crippen LogP contribution < -0.4 is 10.6 Å². The lowest BCUT2D eigenvalue weighted by atomic mass is 10.2. The lowest BCUT2D eigenvalue weighted by Crippen LogP contribution is -2.10. The summed E-state index contributed by atoms with van der Waals surface area (Å²) in [5.41, 5.74) is 2.53. The molecule has 0 atom stereocenters. The Labute approximate surface area is 116 Å². The van der Waals surface area contributed by atoms with Crippen molar-refractivity contribution in [2.75, 3.05) is 17.7 Å². The molecule has 1 amide bonds. The van der Waals surface area contributed by atoms with Gasteiger partial charge in [-0.2, -0.15) is 0 Å². The van der Waals surface area contributed by atoms with Crippen LogP contribution in [0.2, 0.25) is 5.02 Å². The number of nitrogens with one attached hydrogen (secondary N) is 2. The fraction of sp³-hybridized carbons (Fsp3) is 0.0714. The van der Waals surface area contributed by atoms with E-state index in [0.29, 0.717) is 10.7 Å². The van der Waals surface area contributed by atoms with E-state index in [1.165, 1.54) is 7.11 Å². The van der Waals surface area contributed by atoms with Crippen molar-refractivity contribution in [3.63, 3.8) is 0 Å². The van der Waals surface area contributed by atoms with Gasteiger partial charge in [-0.3, -0.25) is 5.32 Å². The number of anilines is 3. The Morgan fingerprint density at radius 3 is 1.95 bits per heavy atom. The van der Waals surface area contributed by atoms with Crippen LogP contribution in [0.15, 0.2) is 48.5 Å². The predicted molar refractivity (Wildman–Crippen MR) is 77.2 cm³/mol. The number of carbonyl (C=O) groups is 1. The summed E-state index contributed by atoms with van der Waals surface area (Å²) in [7, 11) is 1.33. The van der Waals surface area contributed by atoms with E-state index in [1.807, 2.05) is 36.4 Å². The summed E-state index contributed by atoms with van der Waals surface area (Å²) in [5, 5.41) is 6.50. The van der Waals surface area contributed by atoms with Crippen molar-refractivity contribution in [3.8, 4) is 0 Å². The van der Waals surface area contributed by atoms with Crippen molar-refractivity contribution < 1.29 is 9.53 Å². The summed E-state index contributed by atoms with van der Waals surface area (Å²) in [6.07, 6.45) is -0.488. The number of amides is 1. The van der Waals surface area contributed by atoms with Gasteiger partial charge in [-0.15, -0.1) is 0 Å². The van der Waals surface area contributed by atoms with Gasteiger partial charge < -0.3 is 10.1 Å². The number of halogens is 1. The largest absolute Gasteiger partial charge is 0.453 e. The molecule has 0 aromatic heterocycles. The molecule has 2 aromatic carbocycles. The number of methoxy groups -OCH3 is 1. The molecule has 0 aliphatic carbocycles. The Morgan fingerprint density at radius 1 is 0.947 bits per heavy atom. The highest BCUT2D eigenvalue weighted by Crippen LogP contribution is 2.20. The standard InChI is InChI=1S/C14H13ClN2O2/c1-19-14(18)17-13-8-6-12(7-9-13)16-11-4-2-10(15)3-5-11/h2-9,16H,1H3,(H,17,18). The molecule has 0 radical (unpaired) electrons. The highest BCUT2D eigenvalue weighted by atomic mass is 35.5. The third-order valence-corrected chi connectivity index (χ3v) is 2.70. The zero-order valence-corrected chi connectivity index (χ0v) is 11.1. The molecule has 0 saturated heterocycles. The van der Waals surface area contributed by atoms with Crippen molar-refractivity contribution in [2.24, 2.45) is 0 Å². The molecule has 0 aliphatic rings. The topological polar surface area (TPSA) is 50.4 Å². The first-order valence-corrected chi connectivity index (χ1v) is 6.03. The van der Waals surface area contributed by atoms with Crippen LogP contribution in [0.5, 0.6) is 0 Å². The molecule has 19 heavy (non-hydrogen) atoms. The summed E-state index contributed by atoms with van der Waals surface area (Å²) >= 11 is 5.82. The van der Waals surface area contributed by atoms with Gasteiger partial charge >= 0.3 is 6.09 Å². The average molecular weight is 277 g/mol. The van der Waals surface area contributed by atoms with Crippen LogP contribution in [0.1, 0.15) is 0 Å². The fourth-order valence-electron chi connectivity index (χ4n) is 1.51. The van der Waals surface area contributed by atoms with Gasteiger partial charge in [-0.1, -0.05) is 11.6 Å². The van der Waals surface area contributed by atoms with Crippen LogP contribution in [0.25, 0.3) is 0 Å². The smallest absolute Gasteiger partial charge is 0.411 e. The molecule has 5 heteroatoms. The van der Waals surface area contributed by atoms with E-state index >= 15 is 0 Å². The molecule has 2 aromatic rings. The van der Waals surface area contributed by atoms with E-state index in [0.717, 1.165) is 11.4 Å². The van der Waals surface area contributed by atoms with Crippen molar-refractivity contribution in [2.45, 2.75) is 0 Å². The molecular formula is C14H13ClN2O2. The van der Waals surface area contributed by atoms with E-state index in [9.17, 15) is 4.79 Å². The summed E-state index contributed by atoms with van der Waals surface area (Å²) < 4.78 is 4.51. The van der Waals surface area contributed by atoms with E-state index in [2.05, 4.69) is 15.4 Å². The van der Waals surface area contributed by atoms with Crippen molar-refractivity contribution >= 4 is 34.8 Å². The second kappa shape index (κ2) is 6.11. The molecule has 4 nitrogen and oxygen atoms in total. The lowest BCUT2D eigenvalue weighted by Gasteiger charge is -2.08. The van der Waals surface area contributed by atoms with Crippen LogP contribution in [-0.4, -0.2) is 13.2 Å². The number of carbonyl (C=O) groups excluding carboxylic acids is 1. The maximum absolute atomic E-state index is 11.0. The Hall–Kier alpha value is -2.20. The van der Waals surface area contributed by atoms with Crippen LogP contribution >= 0.6 is 11.6 Å². The van der Waals surface area contributed by atoms with Crippen LogP contribution in [0, 0.1) is 0 Å². The highest BCUT2D eigenvalue weighted by molar-refractivity contribution is 6.30. The molecule has 0 unspecified atom stereocenters. The monoisotopic (exact) mass is 276 g/mol. The number of hydrogen-bond donors (Lipinski definition) is 2. The normalized spacial score (nSPS) is 9.79. The van der Waals surface area contributed by atoms with E-state index in [4.69, 9.17) is 11.6 Å². The molecule has 0 aliphatic heterocycles. The summed E-state index contributed by atoms with van der Waals surface area (Å²) in [5.74, 6) is 0. The third kappa shape index (κ3) is 3.89. The van der Waals surface area contributed by atoms with Crippen molar-refractivity contribution in [1.29, 1.82) is 0 Å². The van der Waals surface area contributed by atoms with Crippen LogP contribution in [-0.2, 0) is 4.74 Å². The molecule has 2 N–H and O–H groups in total. The van der Waals surface area contributed by atoms with Crippen molar-refractivity contribution in [3.05, 3.63) is 53.6 Å². The summed E-state index contributed by atoms with van der Waals surface area (Å²) in [4.78, 5) is 11.0. The van der Waals surface area contributed by atoms with Gasteiger partial charge in [0.05, 0.1) is 7.11 Å². The zero-order chi connectivity index (χ0) is 13.7. The summed E-state index contributed by atoms with van der Waals surface area (Å²) in [6.45, 7) is 0. The number of hydrogen-bond acceptors (Lipinski definition) is 3. The maximum atomic E-state index is 11.0. The third-order valence-electron chi connectivity index (χ3n) is 2.45. The molecule has 98 valence electrons. The maximum Gasteiger partial charge on any atom is 0.411 e. The predicted octanol–water partition coefficient (Wildman–Crippen LogP) is 4.26. The molecule has 0 spiro atoms.